The zero-order valence-corrected chi connectivity index (χ0v) is 9.89. The maximum atomic E-state index is 11.6. The van der Waals surface area contributed by atoms with E-state index in [1.54, 1.807) is 18.3 Å². The molecule has 1 aliphatic rings. The highest BCUT2D eigenvalue weighted by molar-refractivity contribution is 5.39. The van der Waals surface area contributed by atoms with E-state index in [-0.39, 0.29) is 5.56 Å². The highest BCUT2D eigenvalue weighted by Gasteiger charge is 2.10. The van der Waals surface area contributed by atoms with E-state index < -0.39 is 0 Å². The molecule has 2 aromatic rings. The first kappa shape index (κ1) is 11.0. The van der Waals surface area contributed by atoms with Crippen molar-refractivity contribution < 1.29 is 0 Å². The SMILES string of the molecule is O=c1ccccn1Nc1ccc2c(n1)CCNC2. The lowest BCUT2D eigenvalue weighted by Gasteiger charge is -2.17. The van der Waals surface area contributed by atoms with Gasteiger partial charge in [-0.1, -0.05) is 12.1 Å². The molecule has 2 N–H and O–H groups in total. The summed E-state index contributed by atoms with van der Waals surface area (Å²) >= 11 is 0. The molecule has 0 saturated heterocycles. The standard InChI is InChI=1S/C13H14N4O/c18-13-3-1-2-8-17(13)16-12-5-4-10-9-14-7-6-11(10)15-12/h1-5,8,14H,6-7,9H2,(H,15,16). The molecule has 0 atom stereocenters. The largest absolute Gasteiger partial charge is 0.312 e. The van der Waals surface area contributed by atoms with Gasteiger partial charge >= 0.3 is 0 Å². The van der Waals surface area contributed by atoms with Gasteiger partial charge in [0.25, 0.3) is 5.56 Å². The summed E-state index contributed by atoms with van der Waals surface area (Å²) in [7, 11) is 0. The van der Waals surface area contributed by atoms with Crippen LogP contribution >= 0.6 is 0 Å². The highest BCUT2D eigenvalue weighted by atomic mass is 16.1. The van der Waals surface area contributed by atoms with Crippen LogP contribution in [0, 0.1) is 0 Å². The second-order valence-corrected chi connectivity index (χ2v) is 4.25. The molecular weight excluding hydrogens is 228 g/mol. The van der Waals surface area contributed by atoms with Gasteiger partial charge < -0.3 is 5.32 Å². The molecule has 0 unspecified atom stereocenters. The van der Waals surface area contributed by atoms with Crippen LogP contribution in [-0.2, 0) is 13.0 Å². The predicted molar refractivity (Wildman–Crippen MR) is 69.4 cm³/mol. The molecule has 0 aliphatic carbocycles. The summed E-state index contributed by atoms with van der Waals surface area (Å²) < 4.78 is 1.43. The Kier molecular flexibility index (Phi) is 2.82. The predicted octanol–water partition coefficient (Wildman–Crippen LogP) is 0.764. The Hall–Kier alpha value is -2.14. The Balaban J connectivity index is 1.90. The lowest BCUT2D eigenvalue weighted by molar-refractivity contribution is 0.630. The number of fused-ring (bicyclic) bond motifs is 1. The van der Waals surface area contributed by atoms with E-state index in [0.29, 0.717) is 5.82 Å². The normalized spacial score (nSPS) is 14.0. The highest BCUT2D eigenvalue weighted by Crippen LogP contribution is 2.14. The minimum atomic E-state index is -0.0984. The lowest BCUT2D eigenvalue weighted by atomic mass is 10.1. The Morgan fingerprint density at radius 2 is 2.22 bits per heavy atom. The topological polar surface area (TPSA) is 59.0 Å². The molecule has 92 valence electrons. The number of aromatic nitrogens is 2. The van der Waals surface area contributed by atoms with Crippen molar-refractivity contribution in [2.75, 3.05) is 12.0 Å². The van der Waals surface area contributed by atoms with Gasteiger partial charge in [-0.05, 0) is 17.7 Å². The summed E-state index contributed by atoms with van der Waals surface area (Å²) in [4.78, 5) is 16.1. The summed E-state index contributed by atoms with van der Waals surface area (Å²) in [5.74, 6) is 0.698. The van der Waals surface area contributed by atoms with Crippen molar-refractivity contribution >= 4 is 5.82 Å². The van der Waals surface area contributed by atoms with Crippen LogP contribution in [0.15, 0.2) is 41.3 Å². The van der Waals surface area contributed by atoms with Gasteiger partial charge in [0.05, 0.1) is 0 Å². The molecule has 0 amide bonds. The van der Waals surface area contributed by atoms with Gasteiger partial charge in [0.15, 0.2) is 0 Å². The minimum Gasteiger partial charge on any atom is -0.312 e. The Morgan fingerprint density at radius 3 is 3.11 bits per heavy atom. The van der Waals surface area contributed by atoms with Crippen LogP contribution in [0.4, 0.5) is 5.82 Å². The number of nitrogens with one attached hydrogen (secondary N) is 2. The maximum absolute atomic E-state index is 11.6. The molecule has 0 aromatic carbocycles. The number of hydrogen-bond donors (Lipinski definition) is 2. The fraction of sp³-hybridized carbons (Fsp3) is 0.231. The van der Waals surface area contributed by atoms with E-state index in [1.165, 1.54) is 16.3 Å². The van der Waals surface area contributed by atoms with Crippen LogP contribution in [0.5, 0.6) is 0 Å². The molecule has 18 heavy (non-hydrogen) atoms. The zero-order chi connectivity index (χ0) is 12.4. The first-order valence-corrected chi connectivity index (χ1v) is 5.97. The molecule has 5 nitrogen and oxygen atoms in total. The van der Waals surface area contributed by atoms with Crippen molar-refractivity contribution in [1.82, 2.24) is 15.0 Å². The average molecular weight is 242 g/mol. The van der Waals surface area contributed by atoms with E-state index in [0.717, 1.165) is 25.2 Å². The third-order valence-corrected chi connectivity index (χ3v) is 2.98. The fourth-order valence-corrected chi connectivity index (χ4v) is 2.04. The second kappa shape index (κ2) is 4.62. The number of anilines is 1. The van der Waals surface area contributed by atoms with E-state index in [9.17, 15) is 4.79 Å². The summed E-state index contributed by atoms with van der Waals surface area (Å²) in [5.41, 5.74) is 5.23. The molecule has 5 heteroatoms. The quantitative estimate of drug-likeness (QED) is 0.816. The molecule has 3 rings (SSSR count). The molecule has 0 saturated carbocycles. The van der Waals surface area contributed by atoms with Crippen molar-refractivity contribution in [3.05, 3.63) is 58.1 Å². The van der Waals surface area contributed by atoms with E-state index in [2.05, 4.69) is 15.7 Å². The Labute approximate surface area is 104 Å². The van der Waals surface area contributed by atoms with Crippen molar-refractivity contribution in [3.63, 3.8) is 0 Å². The molecular formula is C13H14N4O. The Morgan fingerprint density at radius 1 is 1.28 bits per heavy atom. The van der Waals surface area contributed by atoms with Gasteiger partial charge in [0.2, 0.25) is 0 Å². The van der Waals surface area contributed by atoms with Gasteiger partial charge in [0.1, 0.15) is 5.82 Å². The van der Waals surface area contributed by atoms with Crippen molar-refractivity contribution in [1.29, 1.82) is 0 Å². The molecule has 0 radical (unpaired) electrons. The van der Waals surface area contributed by atoms with Gasteiger partial charge in [0, 0.05) is 37.5 Å². The smallest absolute Gasteiger partial charge is 0.269 e. The van der Waals surface area contributed by atoms with Crippen molar-refractivity contribution in [2.45, 2.75) is 13.0 Å². The molecule has 3 heterocycles. The van der Waals surface area contributed by atoms with Crippen molar-refractivity contribution in [3.8, 4) is 0 Å². The molecule has 0 fully saturated rings. The molecule has 0 spiro atoms. The van der Waals surface area contributed by atoms with Gasteiger partial charge in [-0.2, -0.15) is 0 Å². The molecule has 2 aromatic heterocycles. The lowest BCUT2D eigenvalue weighted by Crippen LogP contribution is -2.27. The number of nitrogens with zero attached hydrogens (tertiary/aromatic N) is 2. The summed E-state index contributed by atoms with van der Waals surface area (Å²) in [6, 6.07) is 8.97. The number of rotatable bonds is 2. The monoisotopic (exact) mass is 242 g/mol. The Bertz CT molecular complexity index is 620. The van der Waals surface area contributed by atoms with Crippen molar-refractivity contribution in [2.24, 2.45) is 0 Å². The third-order valence-electron chi connectivity index (χ3n) is 2.98. The van der Waals surface area contributed by atoms with Gasteiger partial charge in [-0.25, -0.2) is 9.66 Å². The summed E-state index contributed by atoms with van der Waals surface area (Å²) in [6.07, 6.45) is 2.61. The summed E-state index contributed by atoms with van der Waals surface area (Å²) in [6.45, 7) is 1.82. The number of hydrogen-bond acceptors (Lipinski definition) is 4. The number of pyridine rings is 2. The van der Waals surface area contributed by atoms with Crippen LogP contribution in [0.25, 0.3) is 0 Å². The third kappa shape index (κ3) is 2.12. The summed E-state index contributed by atoms with van der Waals surface area (Å²) in [5, 5.41) is 3.30. The van der Waals surface area contributed by atoms with Crippen LogP contribution in [-0.4, -0.2) is 16.2 Å². The van der Waals surface area contributed by atoms with Crippen LogP contribution in [0.1, 0.15) is 11.3 Å². The van der Waals surface area contributed by atoms with E-state index in [1.807, 2.05) is 12.1 Å². The zero-order valence-electron chi connectivity index (χ0n) is 9.89. The molecule has 1 aliphatic heterocycles. The van der Waals surface area contributed by atoms with Gasteiger partial charge in [-0.3, -0.25) is 10.2 Å². The van der Waals surface area contributed by atoms with E-state index >= 15 is 0 Å². The molecule has 0 bridgehead atoms. The first-order chi connectivity index (χ1) is 8.83. The minimum absolute atomic E-state index is 0.0984. The first-order valence-electron chi connectivity index (χ1n) is 5.97. The van der Waals surface area contributed by atoms with Crippen LogP contribution in [0.2, 0.25) is 0 Å². The van der Waals surface area contributed by atoms with Crippen LogP contribution in [0.3, 0.4) is 0 Å². The van der Waals surface area contributed by atoms with Crippen LogP contribution < -0.4 is 16.3 Å². The average Bonchev–Trinajstić information content (AvgIpc) is 2.41. The van der Waals surface area contributed by atoms with E-state index in [4.69, 9.17) is 0 Å². The second-order valence-electron chi connectivity index (χ2n) is 4.25. The fourth-order valence-electron chi connectivity index (χ4n) is 2.04. The van der Waals surface area contributed by atoms with Gasteiger partial charge in [-0.15, -0.1) is 0 Å². The maximum Gasteiger partial charge on any atom is 0.269 e.